The highest BCUT2D eigenvalue weighted by Gasteiger charge is 2.35. The monoisotopic (exact) mass is 400 g/mol. The number of amides is 1. The molecule has 0 bridgehead atoms. The van der Waals surface area contributed by atoms with Crippen LogP contribution >= 0.6 is 0 Å². The molecule has 1 aromatic carbocycles. The summed E-state index contributed by atoms with van der Waals surface area (Å²) < 4.78 is 10.8. The molecule has 1 amide bonds. The Bertz CT molecular complexity index is 760. The molecule has 2 fully saturated rings. The van der Waals surface area contributed by atoms with Gasteiger partial charge in [0.2, 0.25) is 5.91 Å². The Balaban J connectivity index is 1.49. The first kappa shape index (κ1) is 21.4. The predicted molar refractivity (Wildman–Crippen MR) is 111 cm³/mol. The average molecular weight is 401 g/mol. The van der Waals surface area contributed by atoms with Gasteiger partial charge >= 0.3 is 0 Å². The number of ether oxygens (including phenoxy) is 2. The summed E-state index contributed by atoms with van der Waals surface area (Å²) in [6.45, 7) is 6.82. The van der Waals surface area contributed by atoms with Crippen LogP contribution in [0, 0.1) is 18.3 Å². The van der Waals surface area contributed by atoms with E-state index in [4.69, 9.17) is 9.47 Å². The fraction of sp³-hybridized carbons (Fsp3) is 0.636. The Morgan fingerprint density at radius 2 is 1.69 bits per heavy atom. The second kappa shape index (κ2) is 9.47. The number of hydrogen-bond donors (Lipinski definition) is 1. The lowest BCUT2D eigenvalue weighted by molar-refractivity contribution is -0.124. The van der Waals surface area contributed by atoms with Gasteiger partial charge in [-0.25, -0.2) is 0 Å². The zero-order valence-electron chi connectivity index (χ0n) is 17.8. The van der Waals surface area contributed by atoms with Gasteiger partial charge in [-0.1, -0.05) is 0 Å². The molecule has 1 N–H and O–H groups in total. The van der Waals surface area contributed by atoms with Gasteiger partial charge < -0.3 is 14.8 Å². The third kappa shape index (κ3) is 5.20. The number of nitrogens with zero attached hydrogens (tertiary/aromatic N) is 3. The SMILES string of the molecule is COc1cc(C)c(CN2CCN(CC(=O)NC3(C#N)CCCC3)CC2)cc1OC. The van der Waals surface area contributed by atoms with Gasteiger partial charge in [0.25, 0.3) is 0 Å². The minimum Gasteiger partial charge on any atom is -0.493 e. The van der Waals surface area contributed by atoms with Gasteiger partial charge in [0.1, 0.15) is 5.54 Å². The molecule has 158 valence electrons. The minimum absolute atomic E-state index is 0.0300. The van der Waals surface area contributed by atoms with Crippen LogP contribution in [0.5, 0.6) is 11.5 Å². The fourth-order valence-corrected chi connectivity index (χ4v) is 4.29. The van der Waals surface area contributed by atoms with Crippen LogP contribution in [0.15, 0.2) is 12.1 Å². The van der Waals surface area contributed by atoms with Crippen molar-refractivity contribution in [3.05, 3.63) is 23.3 Å². The van der Waals surface area contributed by atoms with E-state index < -0.39 is 5.54 Å². The number of rotatable bonds is 7. The van der Waals surface area contributed by atoms with Crippen LogP contribution in [0.25, 0.3) is 0 Å². The maximum atomic E-state index is 12.4. The molecule has 1 aromatic rings. The topological polar surface area (TPSA) is 77.8 Å². The first-order valence-corrected chi connectivity index (χ1v) is 10.4. The number of aryl methyl sites for hydroxylation is 1. The zero-order valence-corrected chi connectivity index (χ0v) is 17.8. The number of nitriles is 1. The molecule has 0 radical (unpaired) electrons. The Hall–Kier alpha value is -2.30. The largest absolute Gasteiger partial charge is 0.493 e. The minimum atomic E-state index is -0.635. The number of piperazine rings is 1. The van der Waals surface area contributed by atoms with E-state index >= 15 is 0 Å². The summed E-state index contributed by atoms with van der Waals surface area (Å²) in [7, 11) is 3.31. The van der Waals surface area contributed by atoms with Gasteiger partial charge in [-0.3, -0.25) is 14.6 Å². The van der Waals surface area contributed by atoms with Crippen LogP contribution in [0.4, 0.5) is 0 Å². The lowest BCUT2D eigenvalue weighted by Crippen LogP contribution is -2.52. The summed E-state index contributed by atoms with van der Waals surface area (Å²) >= 11 is 0. The summed E-state index contributed by atoms with van der Waals surface area (Å²) in [6, 6.07) is 6.39. The third-order valence-corrected chi connectivity index (χ3v) is 6.12. The van der Waals surface area contributed by atoms with Gasteiger partial charge in [0.05, 0.1) is 26.8 Å². The van der Waals surface area contributed by atoms with E-state index in [1.165, 1.54) is 11.1 Å². The van der Waals surface area contributed by atoms with Crippen LogP contribution in [0.1, 0.15) is 36.8 Å². The van der Waals surface area contributed by atoms with Crippen molar-refractivity contribution in [2.45, 2.75) is 44.7 Å². The molecular formula is C22H32N4O3. The molecule has 0 atom stereocenters. The molecule has 1 aliphatic carbocycles. The van der Waals surface area contributed by atoms with Crippen molar-refractivity contribution in [3.8, 4) is 17.6 Å². The number of methoxy groups -OCH3 is 2. The van der Waals surface area contributed by atoms with E-state index in [0.29, 0.717) is 6.54 Å². The van der Waals surface area contributed by atoms with Crippen molar-refractivity contribution in [1.82, 2.24) is 15.1 Å². The molecule has 7 nitrogen and oxygen atoms in total. The van der Waals surface area contributed by atoms with Crippen molar-refractivity contribution < 1.29 is 14.3 Å². The Labute approximate surface area is 173 Å². The quantitative estimate of drug-likeness (QED) is 0.755. The summed E-state index contributed by atoms with van der Waals surface area (Å²) in [5, 5.41) is 12.4. The number of benzene rings is 1. The summed E-state index contributed by atoms with van der Waals surface area (Å²) in [4.78, 5) is 17.0. The highest BCUT2D eigenvalue weighted by atomic mass is 16.5. The van der Waals surface area contributed by atoms with Crippen molar-refractivity contribution in [2.75, 3.05) is 46.9 Å². The number of carbonyl (C=O) groups excluding carboxylic acids is 1. The molecular weight excluding hydrogens is 368 g/mol. The van der Waals surface area contributed by atoms with Gasteiger partial charge in [0, 0.05) is 32.7 Å². The fourth-order valence-electron chi connectivity index (χ4n) is 4.29. The van der Waals surface area contributed by atoms with E-state index in [0.717, 1.165) is 69.9 Å². The Morgan fingerprint density at radius 1 is 1.10 bits per heavy atom. The van der Waals surface area contributed by atoms with Crippen molar-refractivity contribution in [3.63, 3.8) is 0 Å². The smallest absolute Gasteiger partial charge is 0.235 e. The lowest BCUT2D eigenvalue weighted by Gasteiger charge is -2.35. The molecule has 1 saturated carbocycles. The summed E-state index contributed by atoms with van der Waals surface area (Å²) in [5.41, 5.74) is 1.78. The van der Waals surface area contributed by atoms with E-state index in [1.54, 1.807) is 14.2 Å². The van der Waals surface area contributed by atoms with Crippen molar-refractivity contribution >= 4 is 5.91 Å². The maximum absolute atomic E-state index is 12.4. The lowest BCUT2D eigenvalue weighted by atomic mass is 10.00. The average Bonchev–Trinajstić information content (AvgIpc) is 3.19. The first-order chi connectivity index (χ1) is 14.0. The van der Waals surface area contributed by atoms with E-state index in [-0.39, 0.29) is 5.91 Å². The van der Waals surface area contributed by atoms with Crippen LogP contribution in [-0.2, 0) is 11.3 Å². The van der Waals surface area contributed by atoms with Crippen molar-refractivity contribution in [1.29, 1.82) is 5.26 Å². The number of hydrogen-bond acceptors (Lipinski definition) is 6. The molecule has 1 saturated heterocycles. The normalized spacial score (nSPS) is 19.5. The van der Waals surface area contributed by atoms with Crippen LogP contribution in [0.2, 0.25) is 0 Å². The van der Waals surface area contributed by atoms with Gasteiger partial charge in [-0.15, -0.1) is 0 Å². The van der Waals surface area contributed by atoms with E-state index in [1.807, 2.05) is 6.07 Å². The van der Waals surface area contributed by atoms with E-state index in [2.05, 4.69) is 34.2 Å². The molecule has 1 heterocycles. The molecule has 0 aromatic heterocycles. The molecule has 3 rings (SSSR count). The molecule has 0 spiro atoms. The maximum Gasteiger partial charge on any atom is 0.235 e. The molecule has 0 unspecified atom stereocenters. The number of carbonyl (C=O) groups is 1. The second-order valence-corrected chi connectivity index (χ2v) is 8.14. The van der Waals surface area contributed by atoms with Gasteiger partial charge in [-0.2, -0.15) is 5.26 Å². The zero-order chi connectivity index (χ0) is 20.9. The Kier molecular flexibility index (Phi) is 6.99. The first-order valence-electron chi connectivity index (χ1n) is 10.4. The van der Waals surface area contributed by atoms with Crippen LogP contribution < -0.4 is 14.8 Å². The second-order valence-electron chi connectivity index (χ2n) is 8.14. The van der Waals surface area contributed by atoms with E-state index in [9.17, 15) is 10.1 Å². The molecule has 29 heavy (non-hydrogen) atoms. The predicted octanol–water partition coefficient (Wildman–Crippen LogP) is 2.08. The highest BCUT2D eigenvalue weighted by molar-refractivity contribution is 5.79. The van der Waals surface area contributed by atoms with Gasteiger partial charge in [-0.05, 0) is 55.9 Å². The highest BCUT2D eigenvalue weighted by Crippen LogP contribution is 2.31. The molecule has 1 aliphatic heterocycles. The molecule has 2 aliphatic rings. The Morgan fingerprint density at radius 3 is 2.28 bits per heavy atom. The third-order valence-electron chi connectivity index (χ3n) is 6.12. The molecule has 7 heteroatoms. The summed E-state index contributed by atoms with van der Waals surface area (Å²) in [6.07, 6.45) is 3.57. The van der Waals surface area contributed by atoms with Gasteiger partial charge in [0.15, 0.2) is 11.5 Å². The van der Waals surface area contributed by atoms with Crippen molar-refractivity contribution in [2.24, 2.45) is 0 Å². The standard InChI is InChI=1S/C22H32N4O3/c1-17-12-19(28-2)20(29-3)13-18(17)14-25-8-10-26(11-9-25)15-21(27)24-22(16-23)6-4-5-7-22/h12-13H,4-11,14-15H2,1-3H3,(H,24,27). The number of nitrogens with one attached hydrogen (secondary N) is 1. The van der Waals surface area contributed by atoms with Crippen LogP contribution in [-0.4, -0.2) is 68.2 Å². The van der Waals surface area contributed by atoms with Crippen LogP contribution in [0.3, 0.4) is 0 Å². The summed E-state index contributed by atoms with van der Waals surface area (Å²) in [5.74, 6) is 1.47.